The summed E-state index contributed by atoms with van der Waals surface area (Å²) in [7, 11) is 0. The molecule has 0 aromatic heterocycles. The first kappa shape index (κ1) is 38.8. The normalized spacial score (nSPS) is 13.7. The monoisotopic (exact) mass is 556 g/mol. The van der Waals surface area contributed by atoms with Crippen LogP contribution in [0.2, 0.25) is 0 Å². The largest absolute Gasteiger partial charge is 0.394 e. The molecule has 0 heterocycles. The van der Waals surface area contributed by atoms with Crippen molar-refractivity contribution in [3.8, 4) is 0 Å². The van der Waals surface area contributed by atoms with Gasteiger partial charge in [0.2, 0.25) is 0 Å². The van der Waals surface area contributed by atoms with Crippen LogP contribution in [0.25, 0.3) is 0 Å². The maximum Gasteiger partial charge on any atom is 0.107 e. The predicted molar refractivity (Wildman–Crippen MR) is 172 cm³/mol. The lowest BCUT2D eigenvalue weighted by Gasteiger charge is -2.31. The van der Waals surface area contributed by atoms with Crippen LogP contribution in [-0.4, -0.2) is 42.7 Å². The van der Waals surface area contributed by atoms with Crippen molar-refractivity contribution in [2.45, 2.75) is 206 Å². The van der Waals surface area contributed by atoms with Crippen molar-refractivity contribution in [2.24, 2.45) is 5.73 Å². The van der Waals surface area contributed by atoms with Crippen LogP contribution in [-0.2, 0) is 9.47 Å². The summed E-state index contributed by atoms with van der Waals surface area (Å²) in [5.41, 5.74) is 5.99. The highest BCUT2D eigenvalue weighted by Crippen LogP contribution is 2.19. The molecular weight excluding hydrogens is 482 g/mol. The van der Waals surface area contributed by atoms with Crippen LogP contribution in [0.5, 0.6) is 0 Å². The third kappa shape index (κ3) is 29.1. The van der Waals surface area contributed by atoms with Crippen LogP contribution in [0.1, 0.15) is 188 Å². The zero-order valence-corrected chi connectivity index (χ0v) is 27.3. The average molecular weight is 556 g/mol. The summed E-state index contributed by atoms with van der Waals surface area (Å²) in [5.74, 6) is 0. The molecule has 0 aliphatic rings. The number of aliphatic hydroxyl groups excluding tert-OH is 1. The molecule has 0 aliphatic carbocycles. The highest BCUT2D eigenvalue weighted by atomic mass is 16.5. The summed E-state index contributed by atoms with van der Waals surface area (Å²) in [6.07, 6.45) is 32.4. The van der Waals surface area contributed by atoms with E-state index in [1.165, 1.54) is 141 Å². The summed E-state index contributed by atoms with van der Waals surface area (Å²) in [6.45, 7) is 10.1. The predicted octanol–water partition coefficient (Wildman–Crippen LogP) is 10.3. The molecule has 0 saturated carbocycles. The van der Waals surface area contributed by atoms with Crippen LogP contribution < -0.4 is 5.73 Å². The number of hydrogen-bond donors (Lipinski definition) is 2. The number of unbranched alkanes of at least 4 members (excludes halogenated alkanes) is 22. The first-order valence-electron chi connectivity index (χ1n) is 17.6. The Hall–Kier alpha value is -0.160. The minimum atomic E-state index is -0.339. The van der Waals surface area contributed by atoms with E-state index < -0.39 is 0 Å². The molecule has 0 saturated heterocycles. The highest BCUT2D eigenvalue weighted by molar-refractivity contribution is 4.82. The van der Waals surface area contributed by atoms with Gasteiger partial charge in [-0.05, 0) is 33.1 Å². The van der Waals surface area contributed by atoms with E-state index in [0.717, 1.165) is 19.4 Å². The molecule has 39 heavy (non-hydrogen) atoms. The second kappa shape index (κ2) is 29.3. The van der Waals surface area contributed by atoms with E-state index in [1.807, 2.05) is 13.8 Å². The molecule has 0 fully saturated rings. The molecule has 0 rings (SSSR count). The van der Waals surface area contributed by atoms with Crippen molar-refractivity contribution in [1.82, 2.24) is 0 Å². The smallest absolute Gasteiger partial charge is 0.107 e. The Morgan fingerprint density at radius 1 is 0.487 bits per heavy atom. The molecule has 0 aliphatic heterocycles. The van der Waals surface area contributed by atoms with E-state index in [2.05, 4.69) is 13.8 Å². The lowest BCUT2D eigenvalue weighted by Crippen LogP contribution is -2.44. The molecule has 4 heteroatoms. The van der Waals surface area contributed by atoms with Gasteiger partial charge >= 0.3 is 0 Å². The lowest BCUT2D eigenvalue weighted by molar-refractivity contribution is -0.101. The van der Waals surface area contributed by atoms with Crippen LogP contribution in [0.3, 0.4) is 0 Å². The number of ether oxygens (including phenoxy) is 2. The Morgan fingerprint density at radius 2 is 0.769 bits per heavy atom. The van der Waals surface area contributed by atoms with Gasteiger partial charge in [0.25, 0.3) is 0 Å². The minimum Gasteiger partial charge on any atom is -0.394 e. The minimum absolute atomic E-state index is 0.00253. The Balaban J connectivity index is 3.91. The van der Waals surface area contributed by atoms with Gasteiger partial charge in [-0.15, -0.1) is 0 Å². The van der Waals surface area contributed by atoms with E-state index in [0.29, 0.717) is 13.0 Å². The van der Waals surface area contributed by atoms with Gasteiger partial charge in [-0.25, -0.2) is 0 Å². The van der Waals surface area contributed by atoms with Gasteiger partial charge in [-0.3, -0.25) is 0 Å². The Labute approximate surface area is 246 Å². The molecule has 0 spiro atoms. The standard InChI is InChI=1S/C35H73NO3/c1-5-7-9-11-13-15-17-19-21-23-25-27-29-38-33(31-35(3,4)36)34(32-37)39-30-28-26-24-22-20-18-16-14-12-10-8-6-2/h33-34,37H,5-32,36H2,1-4H3. The third-order valence-electron chi connectivity index (χ3n) is 7.98. The molecule has 3 N–H and O–H groups in total. The molecule has 2 unspecified atom stereocenters. The van der Waals surface area contributed by atoms with Crippen molar-refractivity contribution in [2.75, 3.05) is 19.8 Å². The first-order chi connectivity index (χ1) is 18.9. The molecular formula is C35H73NO3. The fourth-order valence-electron chi connectivity index (χ4n) is 5.45. The molecule has 0 amide bonds. The van der Waals surface area contributed by atoms with Crippen molar-refractivity contribution in [3.05, 3.63) is 0 Å². The van der Waals surface area contributed by atoms with E-state index >= 15 is 0 Å². The lowest BCUT2D eigenvalue weighted by atomic mass is 9.95. The van der Waals surface area contributed by atoms with Crippen LogP contribution in [0.15, 0.2) is 0 Å². The summed E-state index contributed by atoms with van der Waals surface area (Å²) < 4.78 is 12.4. The summed E-state index contributed by atoms with van der Waals surface area (Å²) >= 11 is 0. The number of aliphatic hydroxyl groups is 1. The summed E-state index contributed by atoms with van der Waals surface area (Å²) in [5, 5.41) is 10.0. The molecule has 2 atom stereocenters. The SMILES string of the molecule is CCCCCCCCCCCCCCOC(CO)C(CC(C)(C)N)OCCCCCCCCCCCCCC. The van der Waals surface area contributed by atoms with Gasteiger partial charge in [0.05, 0.1) is 12.7 Å². The topological polar surface area (TPSA) is 64.7 Å². The first-order valence-corrected chi connectivity index (χ1v) is 17.6. The van der Waals surface area contributed by atoms with E-state index in [1.54, 1.807) is 0 Å². The van der Waals surface area contributed by atoms with Crippen molar-refractivity contribution >= 4 is 0 Å². The maximum absolute atomic E-state index is 10.0. The molecule has 0 aromatic carbocycles. The average Bonchev–Trinajstić information content (AvgIpc) is 2.90. The van der Waals surface area contributed by atoms with E-state index in [4.69, 9.17) is 15.2 Å². The second-order valence-corrected chi connectivity index (χ2v) is 13.0. The molecule has 4 nitrogen and oxygen atoms in total. The van der Waals surface area contributed by atoms with Gasteiger partial charge in [-0.1, -0.05) is 155 Å². The molecule has 0 bridgehead atoms. The Morgan fingerprint density at radius 3 is 1.05 bits per heavy atom. The Kier molecular flexibility index (Phi) is 29.2. The van der Waals surface area contributed by atoms with E-state index in [-0.39, 0.29) is 24.4 Å². The maximum atomic E-state index is 10.0. The molecule has 236 valence electrons. The zero-order valence-electron chi connectivity index (χ0n) is 27.3. The third-order valence-corrected chi connectivity index (χ3v) is 7.98. The fraction of sp³-hybridized carbons (Fsp3) is 1.00. The number of rotatable bonds is 32. The van der Waals surface area contributed by atoms with Gasteiger partial charge in [-0.2, -0.15) is 0 Å². The highest BCUT2D eigenvalue weighted by Gasteiger charge is 2.27. The van der Waals surface area contributed by atoms with Crippen LogP contribution >= 0.6 is 0 Å². The van der Waals surface area contributed by atoms with Crippen molar-refractivity contribution in [1.29, 1.82) is 0 Å². The molecule has 0 radical (unpaired) electrons. The second-order valence-electron chi connectivity index (χ2n) is 13.0. The van der Waals surface area contributed by atoms with Gasteiger partial charge in [0, 0.05) is 18.8 Å². The van der Waals surface area contributed by atoms with E-state index in [9.17, 15) is 5.11 Å². The van der Waals surface area contributed by atoms with Crippen LogP contribution in [0, 0.1) is 0 Å². The quantitative estimate of drug-likeness (QED) is 0.0810. The molecule has 0 aromatic rings. The van der Waals surface area contributed by atoms with Crippen molar-refractivity contribution < 1.29 is 14.6 Å². The number of hydrogen-bond acceptors (Lipinski definition) is 4. The number of nitrogens with two attached hydrogens (primary N) is 1. The van der Waals surface area contributed by atoms with Crippen LogP contribution in [0.4, 0.5) is 0 Å². The Bertz CT molecular complexity index is 465. The van der Waals surface area contributed by atoms with Gasteiger partial charge < -0.3 is 20.3 Å². The van der Waals surface area contributed by atoms with Gasteiger partial charge in [0.15, 0.2) is 0 Å². The summed E-state index contributed by atoms with van der Waals surface area (Å²) in [6, 6.07) is 0. The zero-order chi connectivity index (χ0) is 28.9. The summed E-state index contributed by atoms with van der Waals surface area (Å²) in [4.78, 5) is 0. The van der Waals surface area contributed by atoms with Gasteiger partial charge in [0.1, 0.15) is 6.10 Å². The van der Waals surface area contributed by atoms with Crippen molar-refractivity contribution in [3.63, 3.8) is 0 Å². The fourth-order valence-corrected chi connectivity index (χ4v) is 5.45.